The van der Waals surface area contributed by atoms with Crippen LogP contribution >= 0.6 is 34.5 Å². The lowest BCUT2D eigenvalue weighted by atomic mass is 10.1. The second-order valence-electron chi connectivity index (χ2n) is 4.05. The average molecular weight is 307 g/mol. The first-order chi connectivity index (χ1) is 8.58. The number of rotatable bonds is 2. The highest BCUT2D eigenvalue weighted by Gasteiger charge is 2.24. The van der Waals surface area contributed by atoms with Crippen molar-refractivity contribution in [3.05, 3.63) is 20.3 Å². The molecular formula is C11H12Cl2N2O2S. The fourth-order valence-electron chi connectivity index (χ4n) is 1.81. The monoisotopic (exact) mass is 306 g/mol. The Labute approximate surface area is 119 Å². The molecule has 0 unspecified atom stereocenters. The van der Waals surface area contributed by atoms with Crippen molar-refractivity contribution in [1.82, 2.24) is 10.6 Å². The molecule has 1 saturated heterocycles. The molecule has 1 aromatic rings. The van der Waals surface area contributed by atoms with E-state index in [1.54, 1.807) is 0 Å². The van der Waals surface area contributed by atoms with E-state index in [4.69, 9.17) is 23.2 Å². The van der Waals surface area contributed by atoms with E-state index in [9.17, 15) is 9.59 Å². The molecule has 1 atom stereocenters. The SMILES string of the molecule is O=C(N[C@H]1CCCCNC1=O)c1cc(Cl)sc1Cl. The van der Waals surface area contributed by atoms with Crippen LogP contribution in [-0.4, -0.2) is 24.4 Å². The van der Waals surface area contributed by atoms with Crippen molar-refractivity contribution in [2.75, 3.05) is 6.54 Å². The maximum absolute atomic E-state index is 12.0. The Kier molecular flexibility index (Phi) is 4.48. The first-order valence-electron chi connectivity index (χ1n) is 5.61. The second-order valence-corrected chi connectivity index (χ2v) is 6.34. The molecule has 4 nitrogen and oxygen atoms in total. The van der Waals surface area contributed by atoms with Gasteiger partial charge in [-0.15, -0.1) is 11.3 Å². The Hall–Kier alpha value is -0.780. The van der Waals surface area contributed by atoms with Crippen LogP contribution in [-0.2, 0) is 4.79 Å². The minimum Gasteiger partial charge on any atom is -0.354 e. The smallest absolute Gasteiger partial charge is 0.254 e. The predicted octanol–water partition coefficient (Wildman–Crippen LogP) is 2.45. The molecule has 7 heteroatoms. The van der Waals surface area contributed by atoms with Crippen LogP contribution in [0.2, 0.25) is 8.67 Å². The van der Waals surface area contributed by atoms with E-state index in [-0.39, 0.29) is 11.8 Å². The van der Waals surface area contributed by atoms with Gasteiger partial charge < -0.3 is 10.6 Å². The molecule has 0 bridgehead atoms. The van der Waals surface area contributed by atoms with Gasteiger partial charge in [0, 0.05) is 6.54 Å². The summed E-state index contributed by atoms with van der Waals surface area (Å²) >= 11 is 12.8. The summed E-state index contributed by atoms with van der Waals surface area (Å²) in [5.74, 6) is -0.497. The second kappa shape index (κ2) is 5.91. The number of thiophene rings is 1. The Balaban J connectivity index is 2.06. The van der Waals surface area contributed by atoms with Crippen LogP contribution in [0.25, 0.3) is 0 Å². The lowest BCUT2D eigenvalue weighted by molar-refractivity contribution is -0.122. The van der Waals surface area contributed by atoms with Crippen LogP contribution in [0.3, 0.4) is 0 Å². The lowest BCUT2D eigenvalue weighted by Gasteiger charge is -2.14. The maximum Gasteiger partial charge on any atom is 0.254 e. The van der Waals surface area contributed by atoms with Gasteiger partial charge in [-0.25, -0.2) is 0 Å². The third-order valence-corrected chi connectivity index (χ3v) is 4.23. The van der Waals surface area contributed by atoms with Crippen molar-refractivity contribution < 1.29 is 9.59 Å². The van der Waals surface area contributed by atoms with E-state index in [2.05, 4.69) is 10.6 Å². The molecule has 1 fully saturated rings. The topological polar surface area (TPSA) is 58.2 Å². The number of halogens is 2. The lowest BCUT2D eigenvalue weighted by Crippen LogP contribution is -2.45. The van der Waals surface area contributed by atoms with Gasteiger partial charge in [0.15, 0.2) is 0 Å². The van der Waals surface area contributed by atoms with Gasteiger partial charge in [0.1, 0.15) is 10.4 Å². The molecule has 1 aliphatic heterocycles. The summed E-state index contributed by atoms with van der Waals surface area (Å²) in [5.41, 5.74) is 0.323. The fourth-order valence-corrected chi connectivity index (χ4v) is 3.27. The van der Waals surface area contributed by atoms with E-state index in [1.165, 1.54) is 6.07 Å². The Bertz CT molecular complexity index is 476. The van der Waals surface area contributed by atoms with Gasteiger partial charge in [0.2, 0.25) is 5.91 Å². The summed E-state index contributed by atoms with van der Waals surface area (Å²) in [7, 11) is 0. The van der Waals surface area contributed by atoms with Gasteiger partial charge in [-0.05, 0) is 25.3 Å². The number of hydrogen-bond acceptors (Lipinski definition) is 3. The Morgan fingerprint density at radius 2 is 2.22 bits per heavy atom. The summed E-state index contributed by atoms with van der Waals surface area (Å²) in [6.07, 6.45) is 2.48. The van der Waals surface area contributed by atoms with E-state index in [1.807, 2.05) is 0 Å². The van der Waals surface area contributed by atoms with Crippen LogP contribution in [0.15, 0.2) is 6.07 Å². The van der Waals surface area contributed by atoms with E-state index >= 15 is 0 Å². The van der Waals surface area contributed by atoms with Crippen molar-refractivity contribution in [3.8, 4) is 0 Å². The predicted molar refractivity (Wildman–Crippen MR) is 72.5 cm³/mol. The van der Waals surface area contributed by atoms with Gasteiger partial charge >= 0.3 is 0 Å². The number of amides is 2. The maximum atomic E-state index is 12.0. The van der Waals surface area contributed by atoms with Crippen LogP contribution in [0, 0.1) is 0 Å². The molecule has 18 heavy (non-hydrogen) atoms. The first-order valence-corrected chi connectivity index (χ1v) is 7.18. The minimum absolute atomic E-state index is 0.140. The van der Waals surface area contributed by atoms with Gasteiger partial charge in [-0.3, -0.25) is 9.59 Å². The van der Waals surface area contributed by atoms with Crippen LogP contribution < -0.4 is 10.6 Å². The molecule has 2 amide bonds. The average Bonchev–Trinajstić information content (AvgIpc) is 2.52. The van der Waals surface area contributed by atoms with Gasteiger partial charge in [0.05, 0.1) is 9.90 Å². The van der Waals surface area contributed by atoms with Gasteiger partial charge in [0.25, 0.3) is 5.91 Å². The molecule has 0 saturated carbocycles. The fraction of sp³-hybridized carbons (Fsp3) is 0.455. The number of hydrogen-bond donors (Lipinski definition) is 2. The highest BCUT2D eigenvalue weighted by Crippen LogP contribution is 2.31. The molecule has 1 aliphatic rings. The molecular weight excluding hydrogens is 295 g/mol. The molecule has 0 spiro atoms. The summed E-state index contributed by atoms with van der Waals surface area (Å²) < 4.78 is 0.794. The number of carbonyl (C=O) groups is 2. The van der Waals surface area contributed by atoms with Crippen molar-refractivity contribution in [2.45, 2.75) is 25.3 Å². The quantitative estimate of drug-likeness (QED) is 0.882. The van der Waals surface area contributed by atoms with Crippen LogP contribution in [0.4, 0.5) is 0 Å². The standard InChI is InChI=1S/C11H12Cl2N2O2S/c12-8-5-6(9(13)18-8)10(16)15-7-3-1-2-4-14-11(7)17/h5,7H,1-4H2,(H,14,17)(H,15,16)/t7-/m0/s1. The third-order valence-electron chi connectivity index (χ3n) is 2.74. The van der Waals surface area contributed by atoms with Crippen molar-refractivity contribution in [2.24, 2.45) is 0 Å². The van der Waals surface area contributed by atoms with E-state index in [0.29, 0.717) is 27.2 Å². The van der Waals surface area contributed by atoms with Crippen LogP contribution in [0.1, 0.15) is 29.6 Å². The van der Waals surface area contributed by atoms with E-state index < -0.39 is 6.04 Å². The van der Waals surface area contributed by atoms with Crippen molar-refractivity contribution in [3.63, 3.8) is 0 Å². The van der Waals surface area contributed by atoms with Gasteiger partial charge in [-0.2, -0.15) is 0 Å². The van der Waals surface area contributed by atoms with E-state index in [0.717, 1.165) is 24.2 Å². The Morgan fingerprint density at radius 3 is 2.89 bits per heavy atom. The molecule has 1 aromatic heterocycles. The summed E-state index contributed by atoms with van der Waals surface area (Å²) in [6, 6.07) is 1.02. The molecule has 2 heterocycles. The molecule has 0 aliphatic carbocycles. The zero-order valence-electron chi connectivity index (χ0n) is 9.46. The molecule has 2 N–H and O–H groups in total. The zero-order chi connectivity index (χ0) is 13.1. The van der Waals surface area contributed by atoms with Crippen LogP contribution in [0.5, 0.6) is 0 Å². The molecule has 2 rings (SSSR count). The molecule has 0 aromatic carbocycles. The van der Waals surface area contributed by atoms with Crippen molar-refractivity contribution >= 4 is 46.4 Å². The summed E-state index contributed by atoms with van der Waals surface area (Å²) in [6.45, 7) is 0.663. The number of nitrogens with one attached hydrogen (secondary N) is 2. The largest absolute Gasteiger partial charge is 0.354 e. The zero-order valence-corrected chi connectivity index (χ0v) is 11.8. The summed E-state index contributed by atoms with van der Waals surface area (Å²) in [4.78, 5) is 23.7. The first kappa shape index (κ1) is 13.6. The minimum atomic E-state index is -0.491. The highest BCUT2D eigenvalue weighted by molar-refractivity contribution is 7.20. The van der Waals surface area contributed by atoms with Crippen molar-refractivity contribution in [1.29, 1.82) is 0 Å². The number of carbonyl (C=O) groups excluding carboxylic acids is 2. The molecule has 98 valence electrons. The highest BCUT2D eigenvalue weighted by atomic mass is 35.5. The van der Waals surface area contributed by atoms with Gasteiger partial charge in [-0.1, -0.05) is 23.2 Å². The third kappa shape index (κ3) is 3.16. The Morgan fingerprint density at radius 1 is 1.44 bits per heavy atom. The summed E-state index contributed by atoms with van der Waals surface area (Å²) in [5, 5.41) is 5.45. The normalized spacial score (nSPS) is 20.1. The molecule has 0 radical (unpaired) electrons.